The molecule has 0 amide bonds. The highest BCUT2D eigenvalue weighted by molar-refractivity contribution is 5.75. The minimum absolute atomic E-state index is 0.0890. The first-order valence-corrected chi connectivity index (χ1v) is 5.84. The Morgan fingerprint density at radius 3 is 2.63 bits per heavy atom. The number of carboxylic acids is 1. The largest absolute Gasteiger partial charge is 0.508 e. The summed E-state index contributed by atoms with van der Waals surface area (Å²) in [6.45, 7) is 2.01. The Morgan fingerprint density at radius 2 is 2.05 bits per heavy atom. The number of phenols is 1. The van der Waals surface area contributed by atoms with Crippen molar-refractivity contribution in [2.24, 2.45) is 0 Å². The quantitative estimate of drug-likeness (QED) is 0.665. The Hall–Kier alpha value is -2.08. The van der Waals surface area contributed by atoms with Crippen LogP contribution in [0.2, 0.25) is 0 Å². The second kappa shape index (κ2) is 6.75. The molecule has 104 valence electrons. The number of aliphatic carboxylic acids is 1. The maximum absolute atomic E-state index is 11.2. The van der Waals surface area contributed by atoms with Crippen LogP contribution in [0.4, 0.5) is 0 Å². The van der Waals surface area contributed by atoms with Crippen LogP contribution in [0.25, 0.3) is 0 Å². The fourth-order valence-corrected chi connectivity index (χ4v) is 1.59. The van der Waals surface area contributed by atoms with E-state index >= 15 is 0 Å². The van der Waals surface area contributed by atoms with Crippen LogP contribution in [0.15, 0.2) is 18.2 Å². The van der Waals surface area contributed by atoms with E-state index in [9.17, 15) is 19.8 Å². The number of carboxylic acid groups (broad SMARTS) is 1. The van der Waals surface area contributed by atoms with Crippen molar-refractivity contribution in [1.29, 1.82) is 0 Å². The summed E-state index contributed by atoms with van der Waals surface area (Å²) in [5.74, 6) is -2.09. The van der Waals surface area contributed by atoms with Crippen LogP contribution in [-0.4, -0.2) is 33.9 Å². The van der Waals surface area contributed by atoms with E-state index in [0.717, 1.165) is 0 Å². The Kier molecular flexibility index (Phi) is 5.32. The number of carbonyl (C=O) groups is 2. The molecule has 1 atom stereocenters. The average molecular weight is 268 g/mol. The van der Waals surface area contributed by atoms with Crippen LogP contribution >= 0.6 is 0 Å². The van der Waals surface area contributed by atoms with Crippen LogP contribution in [0.1, 0.15) is 30.6 Å². The van der Waals surface area contributed by atoms with Gasteiger partial charge in [-0.15, -0.1) is 0 Å². The molecule has 6 nitrogen and oxygen atoms in total. The minimum atomic E-state index is -1.79. The number of aromatic hydroxyl groups is 1. The van der Waals surface area contributed by atoms with E-state index in [0.29, 0.717) is 18.6 Å². The summed E-state index contributed by atoms with van der Waals surface area (Å²) in [6, 6.07) is 4.22. The van der Waals surface area contributed by atoms with E-state index in [2.05, 4.69) is 0 Å². The third kappa shape index (κ3) is 4.26. The van der Waals surface area contributed by atoms with Gasteiger partial charge in [-0.1, -0.05) is 6.07 Å². The highest BCUT2D eigenvalue weighted by Gasteiger charge is 2.20. The van der Waals surface area contributed by atoms with Crippen molar-refractivity contribution in [1.82, 2.24) is 0 Å². The summed E-state index contributed by atoms with van der Waals surface area (Å²) in [6.07, 6.45) is -1.29. The van der Waals surface area contributed by atoms with Crippen molar-refractivity contribution in [3.63, 3.8) is 0 Å². The molecule has 6 heteroatoms. The molecule has 0 fully saturated rings. The zero-order valence-electron chi connectivity index (χ0n) is 10.5. The molecule has 3 N–H and O–H groups in total. The smallest absolute Gasteiger partial charge is 0.337 e. The van der Waals surface area contributed by atoms with Crippen molar-refractivity contribution in [3.8, 4) is 5.75 Å². The molecule has 0 aromatic heterocycles. The summed E-state index contributed by atoms with van der Waals surface area (Å²) < 4.78 is 4.77. The van der Waals surface area contributed by atoms with Crippen LogP contribution in [0.3, 0.4) is 0 Å². The number of rotatable bonds is 6. The Balaban J connectivity index is 2.79. The van der Waals surface area contributed by atoms with Gasteiger partial charge >= 0.3 is 11.9 Å². The number of aryl methyl sites for hydroxylation is 1. The summed E-state index contributed by atoms with van der Waals surface area (Å²) in [5, 5.41) is 27.6. The lowest BCUT2D eigenvalue weighted by Crippen LogP contribution is -2.11. The first-order valence-electron chi connectivity index (χ1n) is 5.84. The Morgan fingerprint density at radius 1 is 1.37 bits per heavy atom. The zero-order chi connectivity index (χ0) is 14.4. The average Bonchev–Trinajstić information content (AvgIpc) is 2.37. The van der Waals surface area contributed by atoms with Gasteiger partial charge in [0.2, 0.25) is 0 Å². The summed E-state index contributed by atoms with van der Waals surface area (Å²) in [4.78, 5) is 21.9. The van der Waals surface area contributed by atoms with E-state index in [1.54, 1.807) is 13.0 Å². The maximum atomic E-state index is 11.2. The molecule has 19 heavy (non-hydrogen) atoms. The van der Waals surface area contributed by atoms with Crippen LogP contribution in [0.5, 0.6) is 5.75 Å². The maximum Gasteiger partial charge on any atom is 0.337 e. The van der Waals surface area contributed by atoms with E-state index in [1.807, 2.05) is 0 Å². The lowest BCUT2D eigenvalue weighted by molar-refractivity contribution is -0.147. The molecular formula is C13H16O6. The molecular weight excluding hydrogens is 252 g/mol. The van der Waals surface area contributed by atoms with Crippen molar-refractivity contribution in [2.75, 3.05) is 6.61 Å². The van der Waals surface area contributed by atoms with Crippen molar-refractivity contribution in [3.05, 3.63) is 29.3 Å². The molecule has 0 saturated heterocycles. The Bertz CT molecular complexity index is 468. The molecule has 0 spiro atoms. The van der Waals surface area contributed by atoms with Gasteiger partial charge in [0, 0.05) is 12.0 Å². The normalized spacial score (nSPS) is 11.9. The van der Waals surface area contributed by atoms with Crippen LogP contribution in [0, 0.1) is 0 Å². The molecule has 0 saturated carbocycles. The highest BCUT2D eigenvalue weighted by atomic mass is 16.5. The van der Waals surface area contributed by atoms with E-state index in [1.165, 1.54) is 12.1 Å². The summed E-state index contributed by atoms with van der Waals surface area (Å²) in [5.41, 5.74) is 0.551. The number of ether oxygens (including phenoxy) is 1. The number of aliphatic hydroxyl groups excluding tert-OH is 1. The molecule has 0 bridgehead atoms. The molecule has 1 rings (SSSR count). The number of carbonyl (C=O) groups excluding carboxylic acids is 1. The van der Waals surface area contributed by atoms with Gasteiger partial charge in [-0.3, -0.25) is 4.79 Å². The summed E-state index contributed by atoms with van der Waals surface area (Å²) >= 11 is 0. The predicted octanol–water partition coefficient (Wildman–Crippen LogP) is 1.01. The van der Waals surface area contributed by atoms with E-state index in [4.69, 9.17) is 9.84 Å². The predicted molar refractivity (Wildman–Crippen MR) is 65.7 cm³/mol. The molecule has 0 aliphatic heterocycles. The zero-order valence-corrected chi connectivity index (χ0v) is 10.5. The van der Waals surface area contributed by atoms with Crippen molar-refractivity contribution >= 4 is 11.9 Å². The van der Waals surface area contributed by atoms with Gasteiger partial charge in [-0.2, -0.15) is 0 Å². The molecule has 1 unspecified atom stereocenters. The first-order chi connectivity index (χ1) is 8.95. The molecule has 0 heterocycles. The van der Waals surface area contributed by atoms with E-state index < -0.39 is 12.1 Å². The van der Waals surface area contributed by atoms with Crippen molar-refractivity contribution < 1.29 is 29.6 Å². The van der Waals surface area contributed by atoms with Crippen LogP contribution < -0.4 is 0 Å². The van der Waals surface area contributed by atoms with E-state index in [-0.39, 0.29) is 23.7 Å². The number of phenolic OH excluding ortho intramolecular Hbond substituents is 1. The van der Waals surface area contributed by atoms with Gasteiger partial charge in [0.25, 0.3) is 0 Å². The molecule has 1 aromatic carbocycles. The molecule has 1 aromatic rings. The van der Waals surface area contributed by atoms with Gasteiger partial charge in [-0.05, 0) is 31.0 Å². The Labute approximate surface area is 110 Å². The third-order valence-corrected chi connectivity index (χ3v) is 2.54. The van der Waals surface area contributed by atoms with Gasteiger partial charge in [0.1, 0.15) is 5.75 Å². The number of esters is 1. The first kappa shape index (κ1) is 15.0. The number of benzene rings is 1. The standard InChI is InChI=1S/C13H16O6/c1-2-19-11(15)6-4-8-3-5-10(14)9(7-8)12(16)13(17)18/h3,5,7,12,14,16H,2,4,6H2,1H3,(H,17,18). The fourth-order valence-electron chi connectivity index (χ4n) is 1.59. The van der Waals surface area contributed by atoms with Gasteiger partial charge in [-0.25, -0.2) is 4.79 Å². The topological polar surface area (TPSA) is 104 Å². The monoisotopic (exact) mass is 268 g/mol. The van der Waals surface area contributed by atoms with Gasteiger partial charge in [0.15, 0.2) is 6.10 Å². The minimum Gasteiger partial charge on any atom is -0.508 e. The molecule has 0 aliphatic rings. The van der Waals surface area contributed by atoms with Gasteiger partial charge in [0.05, 0.1) is 6.61 Å². The number of aliphatic hydroxyl groups is 1. The molecule has 0 radical (unpaired) electrons. The second-order valence-electron chi connectivity index (χ2n) is 3.94. The van der Waals surface area contributed by atoms with Gasteiger partial charge < -0.3 is 20.1 Å². The van der Waals surface area contributed by atoms with Crippen LogP contribution in [-0.2, 0) is 20.7 Å². The number of hydrogen-bond acceptors (Lipinski definition) is 5. The second-order valence-corrected chi connectivity index (χ2v) is 3.94. The fraction of sp³-hybridized carbons (Fsp3) is 0.385. The molecule has 0 aliphatic carbocycles. The summed E-state index contributed by atoms with van der Waals surface area (Å²) in [7, 11) is 0. The number of hydrogen-bond donors (Lipinski definition) is 3. The van der Waals surface area contributed by atoms with Crippen molar-refractivity contribution in [2.45, 2.75) is 25.9 Å². The highest BCUT2D eigenvalue weighted by Crippen LogP contribution is 2.26. The lowest BCUT2D eigenvalue weighted by atomic mass is 10.0. The lowest BCUT2D eigenvalue weighted by Gasteiger charge is -2.10. The SMILES string of the molecule is CCOC(=O)CCc1ccc(O)c(C(O)C(=O)O)c1. The third-order valence-electron chi connectivity index (χ3n) is 2.54.